The molecule has 0 heterocycles. The highest BCUT2D eigenvalue weighted by molar-refractivity contribution is 7.92. The van der Waals surface area contributed by atoms with Gasteiger partial charge in [-0.15, -0.1) is 0 Å². The van der Waals surface area contributed by atoms with Gasteiger partial charge < -0.3 is 15.0 Å². The molecule has 4 aromatic carbocycles. The van der Waals surface area contributed by atoms with Crippen LogP contribution in [-0.4, -0.2) is 50.9 Å². The van der Waals surface area contributed by atoms with Crippen LogP contribution < -0.4 is 14.4 Å². The Morgan fingerprint density at radius 1 is 0.778 bits per heavy atom. The van der Waals surface area contributed by atoms with Crippen LogP contribution in [0.3, 0.4) is 0 Å². The van der Waals surface area contributed by atoms with E-state index in [0.29, 0.717) is 11.4 Å². The normalized spacial score (nSPS) is 12.0. The Kier molecular flexibility index (Phi) is 11.0. The fourth-order valence-electron chi connectivity index (χ4n) is 4.94. The quantitative estimate of drug-likeness (QED) is 0.206. The highest BCUT2D eigenvalue weighted by atomic mass is 32.2. The smallest absolute Gasteiger partial charge is 0.264 e. The number of hydrogen-bond acceptors (Lipinski definition) is 5. The van der Waals surface area contributed by atoms with E-state index in [0.717, 1.165) is 26.6 Å². The van der Waals surface area contributed by atoms with Crippen molar-refractivity contribution in [3.63, 3.8) is 0 Å². The van der Waals surface area contributed by atoms with E-state index in [1.807, 2.05) is 82.3 Å². The summed E-state index contributed by atoms with van der Waals surface area (Å²) in [4.78, 5) is 29.8. The van der Waals surface area contributed by atoms with E-state index < -0.39 is 28.5 Å². The zero-order valence-electron chi connectivity index (χ0n) is 26.4. The summed E-state index contributed by atoms with van der Waals surface area (Å²) in [7, 11) is -2.69. The van der Waals surface area contributed by atoms with Gasteiger partial charge in [-0.2, -0.15) is 0 Å². The van der Waals surface area contributed by atoms with Gasteiger partial charge in [0.2, 0.25) is 11.8 Å². The first kappa shape index (κ1) is 33.3. The topological polar surface area (TPSA) is 96.0 Å². The second kappa shape index (κ2) is 14.9. The van der Waals surface area contributed by atoms with Gasteiger partial charge in [-0.3, -0.25) is 13.9 Å². The summed E-state index contributed by atoms with van der Waals surface area (Å²) < 4.78 is 34.6. The van der Waals surface area contributed by atoms with Crippen LogP contribution in [0.15, 0.2) is 108 Å². The lowest BCUT2D eigenvalue weighted by Gasteiger charge is -2.34. The minimum absolute atomic E-state index is 0.0140. The molecule has 4 aromatic rings. The lowest BCUT2D eigenvalue weighted by Crippen LogP contribution is -2.54. The maximum Gasteiger partial charge on any atom is 0.264 e. The van der Waals surface area contributed by atoms with Crippen LogP contribution in [0, 0.1) is 13.8 Å². The minimum Gasteiger partial charge on any atom is -0.497 e. The van der Waals surface area contributed by atoms with Crippen LogP contribution in [0.2, 0.25) is 0 Å². The van der Waals surface area contributed by atoms with Crippen LogP contribution in [0.4, 0.5) is 5.69 Å². The molecule has 0 aliphatic rings. The molecular formula is C36H41N3O5S. The molecule has 0 aliphatic heterocycles. The highest BCUT2D eigenvalue weighted by Crippen LogP contribution is 2.27. The van der Waals surface area contributed by atoms with E-state index in [2.05, 4.69) is 5.32 Å². The Balaban J connectivity index is 1.79. The Labute approximate surface area is 266 Å². The fourth-order valence-corrected chi connectivity index (χ4v) is 6.35. The average molecular weight is 628 g/mol. The van der Waals surface area contributed by atoms with E-state index in [9.17, 15) is 18.0 Å². The van der Waals surface area contributed by atoms with Gasteiger partial charge in [0.15, 0.2) is 0 Å². The molecule has 0 saturated carbocycles. The number of sulfonamides is 1. The number of ether oxygens (including phenoxy) is 1. The molecule has 0 aromatic heterocycles. The molecule has 0 radical (unpaired) electrons. The maximum absolute atomic E-state index is 14.5. The number of benzene rings is 4. The Morgan fingerprint density at radius 3 is 1.91 bits per heavy atom. The number of amides is 2. The molecule has 9 heteroatoms. The van der Waals surface area contributed by atoms with Gasteiger partial charge in [-0.1, -0.05) is 77.9 Å². The summed E-state index contributed by atoms with van der Waals surface area (Å²) in [5, 5.41) is 2.97. The first-order chi connectivity index (χ1) is 21.5. The van der Waals surface area contributed by atoms with Gasteiger partial charge in [-0.05, 0) is 75.2 Å². The monoisotopic (exact) mass is 627 g/mol. The molecule has 0 unspecified atom stereocenters. The molecule has 236 valence electrons. The van der Waals surface area contributed by atoms with E-state index >= 15 is 0 Å². The summed E-state index contributed by atoms with van der Waals surface area (Å²) in [6, 6.07) is 29.2. The number of carbonyl (C=O) groups excluding carboxylic acids is 2. The Hall–Kier alpha value is -4.63. The standard InChI is InChI=1S/C36H41N3O5S/c1-26(2)37-36(41)34(23-29-9-7-6-8-10-29)38(24-30-15-11-27(3)12-16-30)35(40)25-39(31-17-13-28(4)14-18-31)45(42,43)33-21-19-32(44-5)20-22-33/h6-22,26,34H,23-25H2,1-5H3,(H,37,41)/t34-/m1/s1. The number of aryl methyl sites for hydroxylation is 2. The Morgan fingerprint density at radius 2 is 1.36 bits per heavy atom. The molecule has 8 nitrogen and oxygen atoms in total. The van der Waals surface area contributed by atoms with Crippen molar-refractivity contribution >= 4 is 27.5 Å². The number of anilines is 1. The molecule has 1 N–H and O–H groups in total. The molecule has 0 fully saturated rings. The number of carbonyl (C=O) groups is 2. The summed E-state index contributed by atoms with van der Waals surface area (Å²) in [6.45, 7) is 7.22. The molecule has 0 bridgehead atoms. The van der Waals surface area contributed by atoms with Crippen molar-refractivity contribution < 1.29 is 22.7 Å². The predicted octanol–water partition coefficient (Wildman–Crippen LogP) is 5.67. The summed E-state index contributed by atoms with van der Waals surface area (Å²) in [6.07, 6.45) is 0.257. The van der Waals surface area contributed by atoms with E-state index in [-0.39, 0.29) is 29.8 Å². The van der Waals surface area contributed by atoms with Crippen LogP contribution in [0.25, 0.3) is 0 Å². The van der Waals surface area contributed by atoms with Gasteiger partial charge in [0, 0.05) is 19.0 Å². The van der Waals surface area contributed by atoms with Crippen molar-refractivity contribution in [1.82, 2.24) is 10.2 Å². The lowest BCUT2D eigenvalue weighted by molar-refractivity contribution is -0.140. The van der Waals surface area contributed by atoms with Crippen LogP contribution in [0.5, 0.6) is 5.75 Å². The molecule has 0 spiro atoms. The number of rotatable bonds is 13. The van der Waals surface area contributed by atoms with Gasteiger partial charge in [-0.25, -0.2) is 8.42 Å². The molecule has 0 aliphatic carbocycles. The second-order valence-corrected chi connectivity index (χ2v) is 13.3. The van der Waals surface area contributed by atoms with Crippen molar-refractivity contribution in [1.29, 1.82) is 0 Å². The van der Waals surface area contributed by atoms with E-state index in [1.165, 1.54) is 24.1 Å². The van der Waals surface area contributed by atoms with Gasteiger partial charge in [0.05, 0.1) is 17.7 Å². The number of nitrogens with one attached hydrogen (secondary N) is 1. The van der Waals surface area contributed by atoms with Gasteiger partial charge in [0.1, 0.15) is 18.3 Å². The third kappa shape index (κ3) is 8.73. The minimum atomic E-state index is -4.19. The lowest BCUT2D eigenvalue weighted by atomic mass is 10.0. The molecule has 1 atom stereocenters. The number of methoxy groups -OCH3 is 1. The zero-order valence-corrected chi connectivity index (χ0v) is 27.3. The molecule has 4 rings (SSSR count). The third-order valence-corrected chi connectivity index (χ3v) is 9.21. The predicted molar refractivity (Wildman–Crippen MR) is 178 cm³/mol. The second-order valence-electron chi connectivity index (χ2n) is 11.4. The average Bonchev–Trinajstić information content (AvgIpc) is 3.03. The van der Waals surface area contributed by atoms with Crippen LogP contribution >= 0.6 is 0 Å². The van der Waals surface area contributed by atoms with Crippen LogP contribution in [-0.2, 0) is 32.6 Å². The highest BCUT2D eigenvalue weighted by Gasteiger charge is 2.34. The fraction of sp³-hybridized carbons (Fsp3) is 0.278. The van der Waals surface area contributed by atoms with Crippen LogP contribution in [0.1, 0.15) is 36.1 Å². The van der Waals surface area contributed by atoms with Crippen molar-refractivity contribution in [3.05, 3.63) is 125 Å². The van der Waals surface area contributed by atoms with E-state index in [1.54, 1.807) is 36.4 Å². The first-order valence-electron chi connectivity index (χ1n) is 14.9. The van der Waals surface area contributed by atoms with Crippen molar-refractivity contribution in [3.8, 4) is 5.75 Å². The number of hydrogen-bond donors (Lipinski definition) is 1. The van der Waals surface area contributed by atoms with Gasteiger partial charge >= 0.3 is 0 Å². The molecule has 45 heavy (non-hydrogen) atoms. The SMILES string of the molecule is COc1ccc(S(=O)(=O)N(CC(=O)N(Cc2ccc(C)cc2)[C@H](Cc2ccccc2)C(=O)NC(C)C)c2ccc(C)cc2)cc1. The largest absolute Gasteiger partial charge is 0.497 e. The molecule has 2 amide bonds. The van der Waals surface area contributed by atoms with Gasteiger partial charge in [0.25, 0.3) is 10.0 Å². The van der Waals surface area contributed by atoms with Crippen molar-refractivity contribution in [2.45, 2.75) is 57.6 Å². The molecular weight excluding hydrogens is 586 g/mol. The Bertz CT molecular complexity index is 1670. The molecule has 0 saturated heterocycles. The third-order valence-electron chi connectivity index (χ3n) is 7.42. The zero-order chi connectivity index (χ0) is 32.6. The summed E-state index contributed by atoms with van der Waals surface area (Å²) >= 11 is 0. The first-order valence-corrected chi connectivity index (χ1v) is 16.3. The van der Waals surface area contributed by atoms with Crippen molar-refractivity contribution in [2.24, 2.45) is 0 Å². The van der Waals surface area contributed by atoms with Crippen molar-refractivity contribution in [2.75, 3.05) is 18.0 Å². The number of nitrogens with zero attached hydrogens (tertiary/aromatic N) is 2. The van der Waals surface area contributed by atoms with E-state index in [4.69, 9.17) is 4.74 Å². The summed E-state index contributed by atoms with van der Waals surface area (Å²) in [5.74, 6) is -0.307. The maximum atomic E-state index is 14.5. The summed E-state index contributed by atoms with van der Waals surface area (Å²) in [5.41, 5.74) is 4.05.